The molecule has 7 heteroatoms. The molecule has 1 unspecified atom stereocenters. The molecule has 116 valence electrons. The van der Waals surface area contributed by atoms with Crippen LogP contribution in [0.2, 0.25) is 0 Å². The van der Waals surface area contributed by atoms with E-state index in [9.17, 15) is 9.90 Å². The highest BCUT2D eigenvalue weighted by molar-refractivity contribution is 5.23. The number of aryl methyl sites for hydroxylation is 1. The van der Waals surface area contributed by atoms with E-state index >= 15 is 0 Å². The van der Waals surface area contributed by atoms with E-state index in [2.05, 4.69) is 15.2 Å². The minimum absolute atomic E-state index is 0.0160. The first-order valence-corrected chi connectivity index (χ1v) is 7.27. The van der Waals surface area contributed by atoms with E-state index < -0.39 is 5.60 Å². The van der Waals surface area contributed by atoms with Crippen LogP contribution in [-0.4, -0.2) is 58.0 Å². The van der Waals surface area contributed by atoms with Gasteiger partial charge >= 0.3 is 0 Å². The maximum absolute atomic E-state index is 12.3. The van der Waals surface area contributed by atoms with Crippen LogP contribution in [0, 0.1) is 6.92 Å². The van der Waals surface area contributed by atoms with Gasteiger partial charge in [0.1, 0.15) is 11.4 Å². The first-order valence-electron chi connectivity index (χ1n) is 7.27. The second kappa shape index (κ2) is 5.49. The molecule has 0 spiro atoms. The van der Waals surface area contributed by atoms with Crippen LogP contribution in [0.5, 0.6) is 0 Å². The minimum atomic E-state index is -0.918. The van der Waals surface area contributed by atoms with Gasteiger partial charge in [-0.2, -0.15) is 0 Å². The molecule has 1 saturated heterocycles. The Bertz CT molecular complexity index is 591. The van der Waals surface area contributed by atoms with E-state index in [1.807, 2.05) is 6.92 Å². The van der Waals surface area contributed by atoms with Crippen molar-refractivity contribution in [3.63, 3.8) is 0 Å². The number of nitrogens with zero attached hydrogens (tertiary/aromatic N) is 3. The molecule has 0 aromatic carbocycles. The summed E-state index contributed by atoms with van der Waals surface area (Å²) < 4.78 is 7.02. The predicted octanol–water partition coefficient (Wildman–Crippen LogP) is -1.24. The van der Waals surface area contributed by atoms with Crippen LogP contribution in [0.3, 0.4) is 0 Å². The van der Waals surface area contributed by atoms with Crippen molar-refractivity contribution in [2.24, 2.45) is 7.05 Å². The number of β-amino-alcohol motifs (C(OH)–C–C–N with tert-alkyl or cyclic N) is 1. The molecule has 2 aliphatic rings. The van der Waals surface area contributed by atoms with Gasteiger partial charge in [-0.1, -0.05) is 0 Å². The zero-order valence-corrected chi connectivity index (χ0v) is 12.6. The van der Waals surface area contributed by atoms with Gasteiger partial charge in [-0.3, -0.25) is 14.3 Å². The average Bonchev–Trinajstić information content (AvgIpc) is 2.69. The quantitative estimate of drug-likeness (QED) is 0.710. The molecule has 0 aliphatic carbocycles. The Labute approximate surface area is 123 Å². The molecule has 0 bridgehead atoms. The molecule has 3 heterocycles. The van der Waals surface area contributed by atoms with Crippen molar-refractivity contribution in [1.82, 2.24) is 19.8 Å². The summed E-state index contributed by atoms with van der Waals surface area (Å²) in [5, 5.41) is 13.8. The molecule has 2 N–H and O–H groups in total. The number of fused-ring (bicyclic) bond motifs is 1. The van der Waals surface area contributed by atoms with Crippen LogP contribution in [0.25, 0.3) is 0 Å². The Morgan fingerprint density at radius 2 is 2.29 bits per heavy atom. The highest BCUT2D eigenvalue weighted by Crippen LogP contribution is 2.21. The zero-order chi connectivity index (χ0) is 15.0. The van der Waals surface area contributed by atoms with Crippen LogP contribution in [0.1, 0.15) is 17.1 Å². The molecule has 3 rings (SSSR count). The SMILES string of the molecule is Cc1nc2c(c(=O)n1C)CN(CC1(O)CNCCOC1)C2. The van der Waals surface area contributed by atoms with Crippen molar-refractivity contribution >= 4 is 0 Å². The Morgan fingerprint density at radius 3 is 3.10 bits per heavy atom. The van der Waals surface area contributed by atoms with Crippen molar-refractivity contribution in [2.75, 3.05) is 32.8 Å². The van der Waals surface area contributed by atoms with Gasteiger partial charge in [0.05, 0.1) is 24.5 Å². The summed E-state index contributed by atoms with van der Waals surface area (Å²) in [6, 6.07) is 0. The number of aliphatic hydroxyl groups is 1. The fourth-order valence-electron chi connectivity index (χ4n) is 3.00. The topological polar surface area (TPSA) is 79.6 Å². The molecule has 21 heavy (non-hydrogen) atoms. The molecule has 7 nitrogen and oxygen atoms in total. The monoisotopic (exact) mass is 294 g/mol. The second-order valence-corrected chi connectivity index (χ2v) is 6.05. The summed E-state index contributed by atoms with van der Waals surface area (Å²) in [6.45, 7) is 5.64. The maximum Gasteiger partial charge on any atom is 0.258 e. The molecule has 0 radical (unpaired) electrons. The van der Waals surface area contributed by atoms with Crippen LogP contribution in [0.4, 0.5) is 0 Å². The van der Waals surface area contributed by atoms with Gasteiger partial charge in [-0.25, -0.2) is 4.98 Å². The fourth-order valence-corrected chi connectivity index (χ4v) is 3.00. The number of hydrogen-bond acceptors (Lipinski definition) is 6. The summed E-state index contributed by atoms with van der Waals surface area (Å²) in [5.41, 5.74) is 0.678. The zero-order valence-electron chi connectivity index (χ0n) is 12.6. The van der Waals surface area contributed by atoms with E-state index in [0.717, 1.165) is 23.6 Å². The summed E-state index contributed by atoms with van der Waals surface area (Å²) in [7, 11) is 1.74. The van der Waals surface area contributed by atoms with Crippen molar-refractivity contribution in [2.45, 2.75) is 25.6 Å². The number of ether oxygens (including phenoxy) is 1. The normalized spacial score (nSPS) is 26.6. The highest BCUT2D eigenvalue weighted by atomic mass is 16.5. The van der Waals surface area contributed by atoms with Crippen molar-refractivity contribution in [1.29, 1.82) is 0 Å². The fraction of sp³-hybridized carbons (Fsp3) is 0.714. The first-order chi connectivity index (χ1) is 9.98. The van der Waals surface area contributed by atoms with Gasteiger partial charge in [0.2, 0.25) is 0 Å². The van der Waals surface area contributed by atoms with Crippen LogP contribution in [0.15, 0.2) is 4.79 Å². The van der Waals surface area contributed by atoms with Crippen LogP contribution in [-0.2, 0) is 24.9 Å². The third-order valence-electron chi connectivity index (χ3n) is 4.21. The minimum Gasteiger partial charge on any atom is -0.385 e. The predicted molar refractivity (Wildman–Crippen MR) is 77.0 cm³/mol. The molecule has 0 saturated carbocycles. The molecule has 1 aromatic rings. The number of rotatable bonds is 2. The lowest BCUT2D eigenvalue weighted by atomic mass is 10.1. The van der Waals surface area contributed by atoms with Crippen molar-refractivity contribution in [3.05, 3.63) is 27.4 Å². The van der Waals surface area contributed by atoms with E-state index in [-0.39, 0.29) is 5.56 Å². The molecule has 1 fully saturated rings. The van der Waals surface area contributed by atoms with Crippen molar-refractivity contribution in [3.8, 4) is 0 Å². The van der Waals surface area contributed by atoms with E-state index in [4.69, 9.17) is 4.74 Å². The Morgan fingerprint density at radius 1 is 1.48 bits per heavy atom. The lowest BCUT2D eigenvalue weighted by molar-refractivity contribution is -0.0499. The summed E-state index contributed by atoms with van der Waals surface area (Å²) in [5.74, 6) is 0.721. The van der Waals surface area contributed by atoms with Gasteiger partial charge in [0.15, 0.2) is 0 Å². The molecular formula is C14H22N4O3. The third-order valence-corrected chi connectivity index (χ3v) is 4.21. The Hall–Kier alpha value is -1.28. The molecule has 1 aromatic heterocycles. The smallest absolute Gasteiger partial charge is 0.258 e. The Balaban J connectivity index is 1.76. The van der Waals surface area contributed by atoms with E-state index in [1.165, 1.54) is 0 Å². The highest BCUT2D eigenvalue weighted by Gasteiger charge is 2.34. The number of nitrogens with one attached hydrogen (secondary N) is 1. The summed E-state index contributed by atoms with van der Waals surface area (Å²) in [6.07, 6.45) is 0. The van der Waals surface area contributed by atoms with Crippen molar-refractivity contribution < 1.29 is 9.84 Å². The third kappa shape index (κ3) is 2.87. The van der Waals surface area contributed by atoms with E-state index in [1.54, 1.807) is 11.6 Å². The number of aromatic nitrogens is 2. The first kappa shape index (κ1) is 14.6. The average molecular weight is 294 g/mol. The summed E-state index contributed by atoms with van der Waals surface area (Å²) >= 11 is 0. The molecule has 1 atom stereocenters. The van der Waals surface area contributed by atoms with Gasteiger partial charge in [0.25, 0.3) is 5.56 Å². The van der Waals surface area contributed by atoms with Crippen LogP contribution >= 0.6 is 0 Å². The molecular weight excluding hydrogens is 272 g/mol. The van der Waals surface area contributed by atoms with Gasteiger partial charge in [-0.15, -0.1) is 0 Å². The van der Waals surface area contributed by atoms with Gasteiger partial charge in [-0.05, 0) is 6.92 Å². The maximum atomic E-state index is 12.3. The van der Waals surface area contributed by atoms with Gasteiger partial charge < -0.3 is 15.2 Å². The summed E-state index contributed by atoms with van der Waals surface area (Å²) in [4.78, 5) is 18.8. The second-order valence-electron chi connectivity index (χ2n) is 6.05. The van der Waals surface area contributed by atoms with E-state index in [0.29, 0.717) is 39.4 Å². The largest absolute Gasteiger partial charge is 0.385 e. The molecule has 2 aliphatic heterocycles. The standard InChI is InChI=1S/C14H22N4O3/c1-10-16-12-6-18(5-11(12)13(19)17(10)2)8-14(20)7-15-3-4-21-9-14/h15,20H,3-9H2,1-2H3. The lowest BCUT2D eigenvalue weighted by Crippen LogP contribution is -2.50. The molecule has 0 amide bonds. The Kier molecular flexibility index (Phi) is 3.83. The number of hydrogen-bond donors (Lipinski definition) is 2. The lowest BCUT2D eigenvalue weighted by Gasteiger charge is -2.30. The van der Waals surface area contributed by atoms with Gasteiger partial charge in [0, 0.05) is 39.8 Å². The van der Waals surface area contributed by atoms with Crippen LogP contribution < -0.4 is 10.9 Å².